The standard InChI is InChI=1S/C15H19ClO3S/c16-11-20(18,19)14-7-3-4-12(10-14)8-9-15(17)13-5-1-2-6-13/h3-4,7,10,13H,1-2,5-6,8-9,11H2. The number of alkyl halides is 1. The van der Waals surface area contributed by atoms with Crippen LogP contribution in [0.1, 0.15) is 37.7 Å². The Labute approximate surface area is 125 Å². The molecule has 0 amide bonds. The average Bonchev–Trinajstić information content (AvgIpc) is 2.99. The van der Waals surface area contributed by atoms with Gasteiger partial charge < -0.3 is 0 Å². The number of halogens is 1. The van der Waals surface area contributed by atoms with Gasteiger partial charge in [0.1, 0.15) is 11.0 Å². The topological polar surface area (TPSA) is 51.2 Å². The molecular weight excluding hydrogens is 296 g/mol. The molecule has 1 aliphatic rings. The summed E-state index contributed by atoms with van der Waals surface area (Å²) in [7, 11) is -3.39. The molecule has 1 aromatic carbocycles. The van der Waals surface area contributed by atoms with Crippen LogP contribution in [0, 0.1) is 5.92 Å². The second kappa shape index (κ2) is 6.72. The molecule has 1 aromatic rings. The third-order valence-corrected chi connectivity index (χ3v) is 5.99. The van der Waals surface area contributed by atoms with Crippen molar-refractivity contribution < 1.29 is 13.2 Å². The molecule has 5 heteroatoms. The zero-order valence-corrected chi connectivity index (χ0v) is 12.9. The molecule has 0 radical (unpaired) electrons. The summed E-state index contributed by atoms with van der Waals surface area (Å²) in [6.45, 7) is 0. The molecule has 20 heavy (non-hydrogen) atoms. The number of carbonyl (C=O) groups is 1. The van der Waals surface area contributed by atoms with Gasteiger partial charge in [0, 0.05) is 12.3 Å². The van der Waals surface area contributed by atoms with Crippen LogP contribution in [0.25, 0.3) is 0 Å². The second-order valence-electron chi connectivity index (χ2n) is 5.32. The van der Waals surface area contributed by atoms with Gasteiger partial charge in [-0.05, 0) is 37.0 Å². The highest BCUT2D eigenvalue weighted by Crippen LogP contribution is 2.27. The van der Waals surface area contributed by atoms with E-state index in [0.29, 0.717) is 18.6 Å². The van der Waals surface area contributed by atoms with Gasteiger partial charge in [-0.15, -0.1) is 11.6 Å². The van der Waals surface area contributed by atoms with Crippen LogP contribution in [-0.2, 0) is 21.1 Å². The first-order valence-corrected chi connectivity index (χ1v) is 9.12. The van der Waals surface area contributed by atoms with Crippen LogP contribution in [-0.4, -0.2) is 19.4 Å². The van der Waals surface area contributed by atoms with Crippen molar-refractivity contribution in [3.8, 4) is 0 Å². The van der Waals surface area contributed by atoms with Crippen LogP contribution in [0.3, 0.4) is 0 Å². The van der Waals surface area contributed by atoms with Gasteiger partial charge in [0.2, 0.25) is 0 Å². The van der Waals surface area contributed by atoms with Gasteiger partial charge in [0.15, 0.2) is 9.84 Å². The van der Waals surface area contributed by atoms with Crippen LogP contribution in [0.4, 0.5) is 0 Å². The largest absolute Gasteiger partial charge is 0.299 e. The van der Waals surface area contributed by atoms with Crippen LogP contribution in [0.2, 0.25) is 0 Å². The van der Waals surface area contributed by atoms with Gasteiger partial charge in [0.05, 0.1) is 4.90 Å². The lowest BCUT2D eigenvalue weighted by Crippen LogP contribution is -2.11. The smallest absolute Gasteiger partial charge is 0.192 e. The van der Waals surface area contributed by atoms with Crippen molar-refractivity contribution in [1.82, 2.24) is 0 Å². The highest BCUT2D eigenvalue weighted by Gasteiger charge is 2.22. The van der Waals surface area contributed by atoms with Crippen LogP contribution in [0.5, 0.6) is 0 Å². The van der Waals surface area contributed by atoms with E-state index in [0.717, 1.165) is 31.2 Å². The van der Waals surface area contributed by atoms with Crippen LogP contribution >= 0.6 is 11.6 Å². The molecule has 0 atom stereocenters. The molecule has 0 saturated heterocycles. The third kappa shape index (κ3) is 3.83. The van der Waals surface area contributed by atoms with E-state index in [9.17, 15) is 13.2 Å². The molecule has 2 rings (SSSR count). The molecule has 0 N–H and O–H groups in total. The highest BCUT2D eigenvalue weighted by molar-refractivity contribution is 7.92. The van der Waals surface area contributed by atoms with Crippen molar-refractivity contribution in [2.24, 2.45) is 5.92 Å². The lowest BCUT2D eigenvalue weighted by Gasteiger charge is -2.08. The predicted octanol–water partition coefficient (Wildman–Crippen LogP) is 3.35. The summed E-state index contributed by atoms with van der Waals surface area (Å²) in [5.74, 6) is 0.540. The van der Waals surface area contributed by atoms with E-state index in [2.05, 4.69) is 0 Å². The maximum atomic E-state index is 12.0. The Morgan fingerprint density at radius 3 is 2.60 bits per heavy atom. The monoisotopic (exact) mass is 314 g/mol. The van der Waals surface area contributed by atoms with Crippen LogP contribution in [0.15, 0.2) is 29.2 Å². The van der Waals surface area contributed by atoms with Gasteiger partial charge in [-0.3, -0.25) is 4.79 Å². The van der Waals surface area contributed by atoms with Crippen molar-refractivity contribution in [1.29, 1.82) is 0 Å². The van der Waals surface area contributed by atoms with Crippen molar-refractivity contribution in [2.75, 3.05) is 5.21 Å². The Bertz CT molecular complexity index is 575. The Balaban J connectivity index is 2.00. The van der Waals surface area contributed by atoms with Crippen molar-refractivity contribution in [3.05, 3.63) is 29.8 Å². The van der Waals surface area contributed by atoms with Gasteiger partial charge in [0.25, 0.3) is 0 Å². The van der Waals surface area contributed by atoms with E-state index < -0.39 is 15.0 Å². The number of benzene rings is 1. The number of hydrogen-bond acceptors (Lipinski definition) is 3. The summed E-state index contributed by atoms with van der Waals surface area (Å²) in [6, 6.07) is 6.73. The van der Waals surface area contributed by atoms with Crippen molar-refractivity contribution >= 4 is 27.2 Å². The van der Waals surface area contributed by atoms with Crippen molar-refractivity contribution in [2.45, 2.75) is 43.4 Å². The molecular formula is C15H19ClO3S. The average molecular weight is 315 g/mol. The number of aryl methyl sites for hydroxylation is 1. The molecule has 0 aliphatic heterocycles. The minimum Gasteiger partial charge on any atom is -0.299 e. The molecule has 1 aliphatic carbocycles. The second-order valence-corrected chi connectivity index (χ2v) is 7.89. The van der Waals surface area contributed by atoms with E-state index in [1.807, 2.05) is 6.07 Å². The summed E-state index contributed by atoms with van der Waals surface area (Å²) >= 11 is 5.45. The van der Waals surface area contributed by atoms with Gasteiger partial charge >= 0.3 is 0 Å². The number of sulfone groups is 1. The Kier molecular flexibility index (Phi) is 5.22. The molecule has 0 bridgehead atoms. The van der Waals surface area contributed by atoms with Crippen LogP contribution < -0.4 is 0 Å². The molecule has 0 heterocycles. The van der Waals surface area contributed by atoms with Gasteiger partial charge in [-0.25, -0.2) is 8.42 Å². The summed E-state index contributed by atoms with van der Waals surface area (Å²) in [6.07, 6.45) is 5.43. The molecule has 1 saturated carbocycles. The fourth-order valence-corrected chi connectivity index (χ4v) is 3.80. The number of ketones is 1. The molecule has 110 valence electrons. The minimum atomic E-state index is -3.39. The number of Topliss-reactive ketones (excluding diaryl/α,β-unsaturated/α-hetero) is 1. The van der Waals surface area contributed by atoms with E-state index in [1.54, 1.807) is 18.2 Å². The number of carbonyl (C=O) groups excluding carboxylic acids is 1. The Morgan fingerprint density at radius 2 is 1.95 bits per heavy atom. The zero-order chi connectivity index (χ0) is 14.6. The molecule has 3 nitrogen and oxygen atoms in total. The summed E-state index contributed by atoms with van der Waals surface area (Å²) in [5.41, 5.74) is 0.877. The number of rotatable bonds is 6. The normalized spacial score (nSPS) is 16.4. The SMILES string of the molecule is O=C(CCc1cccc(S(=O)(=O)CCl)c1)C1CCCC1. The third-order valence-electron chi connectivity index (χ3n) is 3.87. The predicted molar refractivity (Wildman–Crippen MR) is 79.6 cm³/mol. The molecule has 1 fully saturated rings. The Hall–Kier alpha value is -0.870. The molecule has 0 spiro atoms. The first-order chi connectivity index (χ1) is 9.53. The Morgan fingerprint density at radius 1 is 1.25 bits per heavy atom. The maximum absolute atomic E-state index is 12.0. The van der Waals surface area contributed by atoms with Gasteiger partial charge in [-0.1, -0.05) is 25.0 Å². The molecule has 0 unspecified atom stereocenters. The highest BCUT2D eigenvalue weighted by atomic mass is 35.5. The fraction of sp³-hybridized carbons (Fsp3) is 0.533. The summed E-state index contributed by atoms with van der Waals surface area (Å²) in [5, 5.41) is -0.419. The quantitative estimate of drug-likeness (QED) is 0.757. The summed E-state index contributed by atoms with van der Waals surface area (Å²) in [4.78, 5) is 12.3. The summed E-state index contributed by atoms with van der Waals surface area (Å²) < 4.78 is 23.4. The number of hydrogen-bond donors (Lipinski definition) is 0. The maximum Gasteiger partial charge on any atom is 0.192 e. The fourth-order valence-electron chi connectivity index (χ4n) is 2.68. The minimum absolute atomic E-state index is 0.227. The van der Waals surface area contributed by atoms with E-state index in [-0.39, 0.29) is 10.8 Å². The van der Waals surface area contributed by atoms with Crippen molar-refractivity contribution in [3.63, 3.8) is 0 Å². The first kappa shape index (κ1) is 15.5. The zero-order valence-electron chi connectivity index (χ0n) is 11.3. The molecule has 0 aromatic heterocycles. The lowest BCUT2D eigenvalue weighted by atomic mass is 9.97. The van der Waals surface area contributed by atoms with E-state index in [4.69, 9.17) is 11.6 Å². The van der Waals surface area contributed by atoms with Gasteiger partial charge in [-0.2, -0.15) is 0 Å². The first-order valence-electron chi connectivity index (χ1n) is 6.93. The lowest BCUT2D eigenvalue weighted by molar-refractivity contribution is -0.122. The van der Waals surface area contributed by atoms with E-state index >= 15 is 0 Å². The van der Waals surface area contributed by atoms with E-state index in [1.165, 1.54) is 0 Å².